The van der Waals surface area contributed by atoms with Gasteiger partial charge in [-0.25, -0.2) is 0 Å². The van der Waals surface area contributed by atoms with Gasteiger partial charge in [-0.2, -0.15) is 0 Å². The highest BCUT2D eigenvalue weighted by molar-refractivity contribution is 5.95. The molecule has 2 aromatic carbocycles. The summed E-state index contributed by atoms with van der Waals surface area (Å²) >= 11 is 0. The molecule has 1 saturated heterocycles. The number of amides is 1. The van der Waals surface area contributed by atoms with Crippen LogP contribution in [0, 0.1) is 0 Å². The Bertz CT molecular complexity index is 936. The summed E-state index contributed by atoms with van der Waals surface area (Å²) < 4.78 is 22.3. The molecule has 0 spiro atoms. The molecule has 0 aromatic heterocycles. The maximum absolute atomic E-state index is 13.1. The second kappa shape index (κ2) is 8.07. The van der Waals surface area contributed by atoms with E-state index in [1.807, 2.05) is 4.90 Å². The van der Waals surface area contributed by atoms with Gasteiger partial charge in [0.1, 0.15) is 25.5 Å². The number of benzene rings is 2. The number of ether oxygens (including phenoxy) is 4. The summed E-state index contributed by atoms with van der Waals surface area (Å²) in [5.74, 6) is 2.74. The molecule has 2 aromatic rings. The van der Waals surface area contributed by atoms with Gasteiger partial charge in [0.15, 0.2) is 11.5 Å². The third-order valence-electron chi connectivity index (χ3n) is 6.04. The smallest absolute Gasteiger partial charge is 0.254 e. The molecule has 0 unspecified atom stereocenters. The molecule has 5 rings (SSSR count). The summed E-state index contributed by atoms with van der Waals surface area (Å²) in [7, 11) is 1.58. The zero-order chi connectivity index (χ0) is 20.5. The number of quaternary nitrogens is 1. The van der Waals surface area contributed by atoms with Gasteiger partial charge in [-0.05, 0) is 35.9 Å². The van der Waals surface area contributed by atoms with Crippen LogP contribution in [0.2, 0.25) is 0 Å². The summed E-state index contributed by atoms with van der Waals surface area (Å²) in [5, 5.41) is 0. The summed E-state index contributed by atoms with van der Waals surface area (Å²) in [6.07, 6.45) is 1.000. The first-order valence-corrected chi connectivity index (χ1v) is 10.6. The van der Waals surface area contributed by atoms with Crippen LogP contribution < -0.4 is 23.8 Å². The van der Waals surface area contributed by atoms with Gasteiger partial charge in [-0.15, -0.1) is 0 Å². The standard InChI is InChI=1S/C23H26N2O5/c1-27-20-13-18(14-21-22(20)30-11-10-29-21)23(26)25-7-5-24(6-8-25)15-16-2-3-19-17(12-16)4-9-28-19/h2-3,12-14H,4-11,15H2,1H3/p+1. The van der Waals surface area contributed by atoms with E-state index in [0.29, 0.717) is 36.0 Å². The van der Waals surface area contributed by atoms with Crippen molar-refractivity contribution in [1.82, 2.24) is 4.90 Å². The van der Waals surface area contributed by atoms with E-state index in [2.05, 4.69) is 18.2 Å². The molecule has 0 aliphatic carbocycles. The van der Waals surface area contributed by atoms with Gasteiger partial charge < -0.3 is 28.7 Å². The second-order valence-electron chi connectivity index (χ2n) is 7.96. The van der Waals surface area contributed by atoms with Crippen LogP contribution in [0.4, 0.5) is 0 Å². The van der Waals surface area contributed by atoms with E-state index >= 15 is 0 Å². The summed E-state index contributed by atoms with van der Waals surface area (Å²) in [5.41, 5.74) is 3.23. The van der Waals surface area contributed by atoms with Crippen LogP contribution in [0.25, 0.3) is 0 Å². The van der Waals surface area contributed by atoms with Gasteiger partial charge in [0.25, 0.3) is 5.91 Å². The normalized spacial score (nSPS) is 18.0. The Hall–Kier alpha value is -2.93. The monoisotopic (exact) mass is 411 g/mol. The third-order valence-corrected chi connectivity index (χ3v) is 6.04. The van der Waals surface area contributed by atoms with Crippen molar-refractivity contribution in [2.45, 2.75) is 13.0 Å². The molecule has 0 saturated carbocycles. The highest BCUT2D eigenvalue weighted by Crippen LogP contribution is 2.40. The lowest BCUT2D eigenvalue weighted by molar-refractivity contribution is -0.917. The molecule has 7 nitrogen and oxygen atoms in total. The maximum atomic E-state index is 13.1. The lowest BCUT2D eigenvalue weighted by Gasteiger charge is -2.32. The number of piperazine rings is 1. The van der Waals surface area contributed by atoms with E-state index in [1.165, 1.54) is 16.0 Å². The molecule has 7 heteroatoms. The number of carbonyl (C=O) groups is 1. The molecule has 158 valence electrons. The van der Waals surface area contributed by atoms with Gasteiger partial charge in [-0.1, -0.05) is 0 Å². The lowest BCUT2D eigenvalue weighted by atomic mass is 10.1. The summed E-state index contributed by atoms with van der Waals surface area (Å²) in [6.45, 7) is 6.06. The van der Waals surface area contributed by atoms with Crippen molar-refractivity contribution >= 4 is 5.91 Å². The third kappa shape index (κ3) is 3.65. The first kappa shape index (κ1) is 19.1. The summed E-state index contributed by atoms with van der Waals surface area (Å²) in [4.78, 5) is 16.5. The van der Waals surface area contributed by atoms with Crippen molar-refractivity contribution in [2.24, 2.45) is 0 Å². The minimum absolute atomic E-state index is 0.0130. The van der Waals surface area contributed by atoms with E-state index in [-0.39, 0.29) is 5.91 Å². The Labute approximate surface area is 176 Å². The highest BCUT2D eigenvalue weighted by atomic mass is 16.6. The number of methoxy groups -OCH3 is 1. The van der Waals surface area contributed by atoms with Crippen molar-refractivity contribution in [3.63, 3.8) is 0 Å². The predicted molar refractivity (Wildman–Crippen MR) is 110 cm³/mol. The number of nitrogens with zero attached hydrogens (tertiary/aromatic N) is 1. The Morgan fingerprint density at radius 1 is 1.03 bits per heavy atom. The SMILES string of the molecule is COc1cc(C(=O)N2CC[NH+](Cc3ccc4c(c3)CCO4)CC2)cc2c1OCCO2. The topological polar surface area (TPSA) is 61.7 Å². The number of nitrogens with one attached hydrogen (secondary N) is 1. The molecular weight excluding hydrogens is 384 g/mol. The Balaban J connectivity index is 1.23. The van der Waals surface area contributed by atoms with E-state index in [0.717, 1.165) is 51.5 Å². The summed E-state index contributed by atoms with van der Waals surface area (Å²) in [6, 6.07) is 10.0. The van der Waals surface area contributed by atoms with Crippen molar-refractivity contribution < 1.29 is 28.6 Å². The van der Waals surface area contributed by atoms with Crippen molar-refractivity contribution in [3.8, 4) is 23.0 Å². The van der Waals surface area contributed by atoms with E-state index in [9.17, 15) is 4.79 Å². The van der Waals surface area contributed by atoms with Crippen LogP contribution in [0.1, 0.15) is 21.5 Å². The van der Waals surface area contributed by atoms with Gasteiger partial charge in [0, 0.05) is 17.5 Å². The fourth-order valence-electron chi connectivity index (χ4n) is 4.42. The molecule has 30 heavy (non-hydrogen) atoms. The highest BCUT2D eigenvalue weighted by Gasteiger charge is 2.28. The molecule has 3 heterocycles. The van der Waals surface area contributed by atoms with Crippen LogP contribution in [0.3, 0.4) is 0 Å². The van der Waals surface area contributed by atoms with Crippen LogP contribution in [-0.2, 0) is 13.0 Å². The molecule has 1 fully saturated rings. The molecule has 1 amide bonds. The first-order chi connectivity index (χ1) is 14.7. The van der Waals surface area contributed by atoms with Crippen LogP contribution in [0.5, 0.6) is 23.0 Å². The quantitative estimate of drug-likeness (QED) is 0.812. The van der Waals surface area contributed by atoms with Crippen molar-refractivity contribution in [3.05, 3.63) is 47.0 Å². The first-order valence-electron chi connectivity index (χ1n) is 10.6. The number of hydrogen-bond acceptors (Lipinski definition) is 5. The second-order valence-corrected chi connectivity index (χ2v) is 7.96. The van der Waals surface area contributed by atoms with Crippen molar-refractivity contribution in [2.75, 3.05) is 53.1 Å². The fourth-order valence-corrected chi connectivity index (χ4v) is 4.42. The van der Waals surface area contributed by atoms with Gasteiger partial charge in [0.05, 0.1) is 39.9 Å². The van der Waals surface area contributed by atoms with Gasteiger partial charge >= 0.3 is 0 Å². The Kier molecular flexibility index (Phi) is 5.12. The van der Waals surface area contributed by atoms with E-state index in [4.69, 9.17) is 18.9 Å². The zero-order valence-electron chi connectivity index (χ0n) is 17.2. The molecular formula is C23H27N2O5+. The molecule has 0 bridgehead atoms. The number of hydrogen-bond donors (Lipinski definition) is 1. The van der Waals surface area contributed by atoms with Crippen LogP contribution in [-0.4, -0.2) is 63.9 Å². The minimum atomic E-state index is 0.0130. The molecule has 0 atom stereocenters. The van der Waals surface area contributed by atoms with E-state index in [1.54, 1.807) is 19.2 Å². The van der Waals surface area contributed by atoms with Crippen LogP contribution >= 0.6 is 0 Å². The number of carbonyl (C=O) groups excluding carboxylic acids is 1. The Morgan fingerprint density at radius 2 is 1.83 bits per heavy atom. The Morgan fingerprint density at radius 3 is 2.67 bits per heavy atom. The van der Waals surface area contributed by atoms with Gasteiger partial charge in [0.2, 0.25) is 5.75 Å². The maximum Gasteiger partial charge on any atom is 0.254 e. The van der Waals surface area contributed by atoms with Crippen LogP contribution in [0.15, 0.2) is 30.3 Å². The average Bonchev–Trinajstić information content (AvgIpc) is 3.26. The number of rotatable bonds is 4. The average molecular weight is 411 g/mol. The van der Waals surface area contributed by atoms with Gasteiger partial charge in [-0.3, -0.25) is 4.79 Å². The molecule has 3 aliphatic heterocycles. The lowest BCUT2D eigenvalue weighted by Crippen LogP contribution is -3.13. The molecule has 1 N–H and O–H groups in total. The molecule has 3 aliphatic rings. The zero-order valence-corrected chi connectivity index (χ0v) is 17.2. The van der Waals surface area contributed by atoms with Crippen molar-refractivity contribution in [1.29, 1.82) is 0 Å². The number of fused-ring (bicyclic) bond motifs is 2. The molecule has 0 radical (unpaired) electrons. The minimum Gasteiger partial charge on any atom is -0.493 e. The predicted octanol–water partition coefficient (Wildman–Crippen LogP) is 0.942. The van der Waals surface area contributed by atoms with E-state index < -0.39 is 0 Å². The fraction of sp³-hybridized carbons (Fsp3) is 0.435. The largest absolute Gasteiger partial charge is 0.493 e.